The van der Waals surface area contributed by atoms with Gasteiger partial charge in [-0.1, -0.05) is 18.2 Å². The summed E-state index contributed by atoms with van der Waals surface area (Å²) in [5.74, 6) is 1.05. The van der Waals surface area contributed by atoms with E-state index >= 15 is 0 Å². The Kier molecular flexibility index (Phi) is 4.86. The van der Waals surface area contributed by atoms with Gasteiger partial charge in [0.25, 0.3) is 0 Å². The molecule has 3 aliphatic heterocycles. The van der Waals surface area contributed by atoms with Crippen molar-refractivity contribution in [2.75, 3.05) is 13.6 Å². The van der Waals surface area contributed by atoms with Crippen LogP contribution in [0, 0.1) is 12.8 Å². The number of piperidine rings is 1. The first-order valence-electron chi connectivity index (χ1n) is 12.4. The lowest BCUT2D eigenvalue weighted by molar-refractivity contribution is -0.316. The van der Waals surface area contributed by atoms with Crippen LogP contribution in [0.15, 0.2) is 28.7 Å². The molecule has 1 aromatic carbocycles. The summed E-state index contributed by atoms with van der Waals surface area (Å²) in [5.41, 5.74) is 1.84. The Morgan fingerprint density at radius 1 is 1.11 bits per heavy atom. The first-order valence-corrected chi connectivity index (χ1v) is 12.4. The maximum Gasteiger partial charge on any atom is 0.248 e. The van der Waals surface area contributed by atoms with Crippen molar-refractivity contribution in [3.05, 3.63) is 47.2 Å². The van der Waals surface area contributed by atoms with Crippen molar-refractivity contribution in [1.82, 2.24) is 15.1 Å². The zero-order valence-electron chi connectivity index (χ0n) is 19.9. The van der Waals surface area contributed by atoms with Crippen LogP contribution >= 0.6 is 0 Å². The van der Waals surface area contributed by atoms with Crippen molar-refractivity contribution >= 4 is 0 Å². The SMILES string of the molecule is Cc1nnc([C@H]2O[C@@H](O[C@H]3C=CC4[C@H]5Cc6ccc(O)c7c6[C@@]4(CCN5C)[C@H]3O7)[C@H](O)[C@@H](O)[C@@H]2O)o1. The monoisotopic (exact) mass is 499 g/mol. The number of likely N-dealkylation sites (N-methyl/N-ethyl adjacent to an activating group) is 1. The Morgan fingerprint density at radius 2 is 1.94 bits per heavy atom. The van der Waals surface area contributed by atoms with Gasteiger partial charge in [0.1, 0.15) is 30.5 Å². The van der Waals surface area contributed by atoms with Crippen LogP contribution in [-0.2, 0) is 21.3 Å². The van der Waals surface area contributed by atoms with E-state index in [-0.39, 0.29) is 28.9 Å². The second-order valence-electron chi connectivity index (χ2n) is 10.6. The van der Waals surface area contributed by atoms with Crippen LogP contribution < -0.4 is 4.74 Å². The molecule has 0 radical (unpaired) electrons. The molecular weight excluding hydrogens is 470 g/mol. The minimum Gasteiger partial charge on any atom is -0.504 e. The molecule has 2 aliphatic carbocycles. The van der Waals surface area contributed by atoms with Gasteiger partial charge < -0.3 is 44.0 Å². The highest BCUT2D eigenvalue weighted by Crippen LogP contribution is 2.62. The number of nitrogens with zero attached hydrogens (tertiary/aromatic N) is 3. The lowest BCUT2D eigenvalue weighted by Gasteiger charge is -2.57. The van der Waals surface area contributed by atoms with Crippen LogP contribution in [0.25, 0.3) is 0 Å². The van der Waals surface area contributed by atoms with Gasteiger partial charge >= 0.3 is 0 Å². The smallest absolute Gasteiger partial charge is 0.248 e. The van der Waals surface area contributed by atoms with E-state index in [9.17, 15) is 20.4 Å². The molecule has 4 N–H and O–H groups in total. The second kappa shape index (κ2) is 7.73. The number of ether oxygens (including phenoxy) is 3. The van der Waals surface area contributed by atoms with Gasteiger partial charge in [-0.25, -0.2) is 0 Å². The fraction of sp³-hybridized carbons (Fsp3) is 0.600. The largest absolute Gasteiger partial charge is 0.504 e. The van der Waals surface area contributed by atoms with Crippen molar-refractivity contribution in [1.29, 1.82) is 0 Å². The van der Waals surface area contributed by atoms with E-state index in [4.69, 9.17) is 18.6 Å². The molecule has 7 rings (SSSR count). The van der Waals surface area contributed by atoms with E-state index < -0.39 is 42.9 Å². The number of aliphatic hydroxyl groups is 3. The average Bonchev–Trinajstić information content (AvgIpc) is 3.45. The lowest BCUT2D eigenvalue weighted by atomic mass is 9.53. The minimum absolute atomic E-state index is 0.0121. The molecule has 2 bridgehead atoms. The molecule has 2 fully saturated rings. The van der Waals surface area contributed by atoms with E-state index in [0.29, 0.717) is 11.8 Å². The average molecular weight is 500 g/mol. The number of aliphatic hydroxyl groups excluding tert-OH is 3. The first-order chi connectivity index (χ1) is 17.3. The Balaban J connectivity index is 1.24. The van der Waals surface area contributed by atoms with Crippen LogP contribution in [0.1, 0.15) is 35.4 Å². The molecule has 36 heavy (non-hydrogen) atoms. The van der Waals surface area contributed by atoms with Crippen molar-refractivity contribution in [3.63, 3.8) is 0 Å². The Labute approximate surface area is 206 Å². The number of likely N-dealkylation sites (tertiary alicyclic amines) is 1. The maximum atomic E-state index is 10.7. The molecule has 4 heterocycles. The number of phenols is 1. The van der Waals surface area contributed by atoms with Gasteiger partial charge in [-0.3, -0.25) is 0 Å². The number of aryl methyl sites for hydroxylation is 1. The number of hydrogen-bond acceptors (Lipinski definition) is 11. The molecule has 1 spiro atoms. The highest BCUT2D eigenvalue weighted by atomic mass is 16.7. The predicted octanol–water partition coefficient (Wildman–Crippen LogP) is 0.0941. The third-order valence-corrected chi connectivity index (χ3v) is 8.78. The highest BCUT2D eigenvalue weighted by molar-refractivity contribution is 5.61. The van der Waals surface area contributed by atoms with Crippen molar-refractivity contribution in [2.24, 2.45) is 5.92 Å². The van der Waals surface area contributed by atoms with Crippen LogP contribution in [0.3, 0.4) is 0 Å². The molecule has 192 valence electrons. The van der Waals surface area contributed by atoms with E-state index in [1.165, 1.54) is 5.56 Å². The number of benzene rings is 1. The van der Waals surface area contributed by atoms with Gasteiger partial charge in [-0.05, 0) is 38.1 Å². The summed E-state index contributed by atoms with van der Waals surface area (Å²) in [4.78, 5) is 2.38. The van der Waals surface area contributed by atoms with E-state index in [0.717, 1.165) is 24.9 Å². The van der Waals surface area contributed by atoms with Crippen molar-refractivity contribution in [2.45, 2.75) is 74.1 Å². The topological polar surface area (TPSA) is 151 Å². The molecule has 0 saturated carbocycles. The van der Waals surface area contributed by atoms with Crippen LogP contribution in [0.5, 0.6) is 11.5 Å². The lowest BCUT2D eigenvalue weighted by Crippen LogP contribution is -2.66. The van der Waals surface area contributed by atoms with Crippen molar-refractivity contribution in [3.8, 4) is 11.5 Å². The third kappa shape index (κ3) is 2.89. The number of rotatable bonds is 3. The maximum absolute atomic E-state index is 10.7. The predicted molar refractivity (Wildman–Crippen MR) is 121 cm³/mol. The Morgan fingerprint density at radius 3 is 2.72 bits per heavy atom. The van der Waals surface area contributed by atoms with Gasteiger partial charge in [-0.2, -0.15) is 0 Å². The van der Waals surface area contributed by atoms with Gasteiger partial charge in [0.2, 0.25) is 11.8 Å². The fourth-order valence-electron chi connectivity index (χ4n) is 7.08. The molecule has 2 aromatic rings. The summed E-state index contributed by atoms with van der Waals surface area (Å²) in [6.45, 7) is 2.48. The number of aromatic nitrogens is 2. The molecule has 10 atom stereocenters. The Hall–Kier alpha value is -2.54. The van der Waals surface area contributed by atoms with E-state index in [1.54, 1.807) is 13.0 Å². The van der Waals surface area contributed by atoms with Crippen LogP contribution in [-0.4, -0.2) is 92.0 Å². The third-order valence-electron chi connectivity index (χ3n) is 8.78. The number of aromatic hydroxyl groups is 1. The molecular formula is C25H29N3O8. The van der Waals surface area contributed by atoms with Crippen molar-refractivity contribution < 1.29 is 39.1 Å². The van der Waals surface area contributed by atoms with Gasteiger partial charge in [0.15, 0.2) is 23.9 Å². The van der Waals surface area contributed by atoms with Gasteiger partial charge in [0, 0.05) is 29.9 Å². The summed E-state index contributed by atoms with van der Waals surface area (Å²) in [5, 5.41) is 50.2. The van der Waals surface area contributed by atoms with Gasteiger partial charge in [-0.15, -0.1) is 10.2 Å². The molecule has 1 unspecified atom stereocenters. The van der Waals surface area contributed by atoms with Crippen LogP contribution in [0.4, 0.5) is 0 Å². The Bertz CT molecular complexity index is 1230. The zero-order chi connectivity index (χ0) is 24.9. The number of hydrogen-bond donors (Lipinski definition) is 4. The summed E-state index contributed by atoms with van der Waals surface area (Å²) >= 11 is 0. The zero-order valence-corrected chi connectivity index (χ0v) is 19.9. The molecule has 0 amide bonds. The fourth-order valence-corrected chi connectivity index (χ4v) is 7.08. The molecule has 2 saturated heterocycles. The highest BCUT2D eigenvalue weighted by Gasteiger charge is 2.65. The standard InChI is InChI=1S/C25H29N3O8/c1-10-26-27-23(33-10)21-18(31)17(30)19(32)24(36-21)34-15-6-4-12-13-9-11-3-5-14(29)20-16(11)25(12,22(15)35-20)7-8-28(13)2/h3-6,12-13,15,17-19,21-22,24,29-32H,7-9H2,1-2H3/t12?,13-,15+,17+,18+,19-,21+,22+,24-,25+/m1/s1. The summed E-state index contributed by atoms with van der Waals surface area (Å²) in [7, 11) is 2.14. The second-order valence-corrected chi connectivity index (χ2v) is 10.6. The summed E-state index contributed by atoms with van der Waals surface area (Å²) in [6, 6.07) is 3.97. The number of phenolic OH excluding ortho intramolecular Hbond substituents is 1. The first kappa shape index (κ1) is 22.6. The van der Waals surface area contributed by atoms with Gasteiger partial charge in [0.05, 0.1) is 0 Å². The van der Waals surface area contributed by atoms with E-state index in [2.05, 4.69) is 28.2 Å². The molecule has 5 aliphatic rings. The quantitative estimate of drug-likeness (QED) is 0.426. The molecule has 11 heteroatoms. The summed E-state index contributed by atoms with van der Waals surface area (Å²) in [6.07, 6.45) is -2.36. The van der Waals surface area contributed by atoms with E-state index in [1.807, 2.05) is 12.1 Å². The minimum atomic E-state index is -1.56. The molecule has 11 nitrogen and oxygen atoms in total. The van der Waals surface area contributed by atoms with Crippen LogP contribution in [0.2, 0.25) is 0 Å². The normalized spacial score (nSPS) is 42.8. The molecule has 1 aromatic heterocycles. The summed E-state index contributed by atoms with van der Waals surface area (Å²) < 4.78 is 24.1.